The van der Waals surface area contributed by atoms with Gasteiger partial charge < -0.3 is 9.46 Å². The summed E-state index contributed by atoms with van der Waals surface area (Å²) in [7, 11) is -3.12. The van der Waals surface area contributed by atoms with Gasteiger partial charge in [0.25, 0.3) is 0 Å². The fourth-order valence-electron chi connectivity index (χ4n) is 8.23. The van der Waals surface area contributed by atoms with Crippen molar-refractivity contribution >= 4 is 57.0 Å². The summed E-state index contributed by atoms with van der Waals surface area (Å²) in [5.74, 6) is 0. The van der Waals surface area contributed by atoms with E-state index in [1.807, 2.05) is 66.7 Å². The minimum Gasteiger partial charge on any atom is -0.310 e. The van der Waals surface area contributed by atoms with Gasteiger partial charge in [0.1, 0.15) is 0 Å². The minimum absolute atomic E-state index is 0.228. The molecule has 0 saturated heterocycles. The Kier molecular flexibility index (Phi) is 6.87. The van der Waals surface area contributed by atoms with Gasteiger partial charge in [-0.25, -0.2) is 0 Å². The Morgan fingerprint density at radius 2 is 1.22 bits per heavy atom. The van der Waals surface area contributed by atoms with E-state index in [1.54, 1.807) is 0 Å². The van der Waals surface area contributed by atoms with E-state index in [0.29, 0.717) is 0 Å². The van der Waals surface area contributed by atoms with Crippen LogP contribution in [0.5, 0.6) is 0 Å². The van der Waals surface area contributed by atoms with Crippen LogP contribution in [-0.2, 0) is 16.4 Å². The average molecular weight is 650 g/mol. The number of para-hydroxylation sites is 1. The molecule has 49 heavy (non-hydrogen) atoms. The molecular weight excluding hydrogens is 613 g/mol. The highest BCUT2D eigenvalue weighted by Crippen LogP contribution is 2.56. The van der Waals surface area contributed by atoms with Crippen LogP contribution in [0.25, 0.3) is 28.0 Å². The van der Waals surface area contributed by atoms with Gasteiger partial charge in [0, 0.05) is 27.0 Å². The summed E-state index contributed by atoms with van der Waals surface area (Å²) in [6, 6.07) is 54.9. The normalized spacial score (nSPS) is 14.4. The second-order valence-corrected chi connectivity index (χ2v) is 16.4. The van der Waals surface area contributed by atoms with Gasteiger partial charge in [-0.05, 0) is 80.9 Å². The molecule has 236 valence electrons. The zero-order valence-electron chi connectivity index (χ0n) is 27.7. The third-order valence-electron chi connectivity index (χ3n) is 10.5. The highest BCUT2D eigenvalue weighted by molar-refractivity contribution is 7.85. The number of rotatable bonds is 5. The fourth-order valence-corrected chi connectivity index (χ4v) is 10.9. The maximum Gasteiger partial charge on any atom is 0.171 e. The molecule has 2 aliphatic rings. The fraction of sp³-hybridized carbons (Fsp3) is 0.0870. The van der Waals surface area contributed by atoms with Crippen molar-refractivity contribution in [1.82, 2.24) is 0 Å². The monoisotopic (exact) mass is 649 g/mol. The van der Waals surface area contributed by atoms with E-state index in [0.717, 1.165) is 39.1 Å². The van der Waals surface area contributed by atoms with Crippen molar-refractivity contribution in [3.05, 3.63) is 186 Å². The van der Waals surface area contributed by atoms with Crippen LogP contribution in [0.4, 0.5) is 17.1 Å². The number of anilines is 3. The largest absolute Gasteiger partial charge is 0.310 e. The Hall–Kier alpha value is -5.43. The highest BCUT2D eigenvalue weighted by Gasteiger charge is 2.40. The molecule has 0 unspecified atom stereocenters. The first-order valence-electron chi connectivity index (χ1n) is 17.0. The van der Waals surface area contributed by atoms with E-state index < -0.39 is 7.14 Å². The lowest BCUT2D eigenvalue weighted by Gasteiger charge is -2.44. The number of nitrogens with zero attached hydrogens (tertiary/aromatic N) is 1. The second kappa shape index (κ2) is 11.3. The molecule has 0 aromatic heterocycles. The lowest BCUT2D eigenvalue weighted by Crippen LogP contribution is -2.32. The Morgan fingerprint density at radius 1 is 0.592 bits per heavy atom. The number of fused-ring (bicyclic) bond motifs is 3. The quantitative estimate of drug-likeness (QED) is 0.173. The lowest BCUT2D eigenvalue weighted by molar-refractivity contribution is 0.592. The molecule has 2 nitrogen and oxygen atoms in total. The first-order valence-corrected chi connectivity index (χ1v) is 18.7. The molecule has 0 bridgehead atoms. The summed E-state index contributed by atoms with van der Waals surface area (Å²) in [4.78, 5) is 2.46. The van der Waals surface area contributed by atoms with Gasteiger partial charge in [0.2, 0.25) is 0 Å². The molecule has 1 heterocycles. The minimum atomic E-state index is -3.12. The van der Waals surface area contributed by atoms with Crippen molar-refractivity contribution < 1.29 is 4.57 Å². The van der Waals surface area contributed by atoms with Crippen molar-refractivity contribution in [3.8, 4) is 11.1 Å². The summed E-state index contributed by atoms with van der Waals surface area (Å²) in [5.41, 5.74) is 10.9. The number of benzene rings is 7. The number of hydrogen-bond acceptors (Lipinski definition) is 2. The van der Waals surface area contributed by atoms with Crippen molar-refractivity contribution in [2.75, 3.05) is 4.90 Å². The van der Waals surface area contributed by atoms with Crippen LogP contribution in [0, 0.1) is 0 Å². The highest BCUT2D eigenvalue weighted by atomic mass is 31.2. The number of hydrogen-bond donors (Lipinski definition) is 0. The van der Waals surface area contributed by atoms with Crippen LogP contribution in [-0.4, -0.2) is 0 Å². The molecule has 0 spiro atoms. The molecule has 0 amide bonds. The van der Waals surface area contributed by atoms with E-state index in [2.05, 4.69) is 122 Å². The first kappa shape index (κ1) is 29.7. The van der Waals surface area contributed by atoms with Gasteiger partial charge in [-0.1, -0.05) is 153 Å². The molecule has 7 aromatic rings. The van der Waals surface area contributed by atoms with Gasteiger partial charge in [0.05, 0.1) is 11.4 Å². The maximum absolute atomic E-state index is 15.3. The van der Waals surface area contributed by atoms with Gasteiger partial charge in [-0.3, -0.25) is 0 Å². The summed E-state index contributed by atoms with van der Waals surface area (Å²) >= 11 is 0. The van der Waals surface area contributed by atoms with E-state index >= 15 is 4.57 Å². The molecule has 0 atom stereocenters. The molecule has 0 saturated carbocycles. The van der Waals surface area contributed by atoms with Gasteiger partial charge in [-0.15, -0.1) is 0 Å². The average Bonchev–Trinajstić information content (AvgIpc) is 3.15. The van der Waals surface area contributed by atoms with Crippen LogP contribution in [0.15, 0.2) is 164 Å². The van der Waals surface area contributed by atoms with Crippen LogP contribution in [0.1, 0.15) is 36.1 Å². The van der Waals surface area contributed by atoms with Crippen molar-refractivity contribution in [3.63, 3.8) is 0 Å². The third-order valence-corrected chi connectivity index (χ3v) is 13.5. The standard InChI is InChI=1S/C46H36NOP/c1-46(2)41-28-27-34(33-17-13-25-39(29-33)49(48,37-21-8-4-9-22-37)38-23-10-5-11-24-38)30-42(41)47(36-19-6-3-7-20-36)43-31-35-18-12-15-32-16-14-26-40(44(32)35)45(43)46/h3-25,27-31H,26H2,1-2H3. The van der Waals surface area contributed by atoms with Crippen LogP contribution in [0.2, 0.25) is 0 Å². The van der Waals surface area contributed by atoms with Crippen LogP contribution < -0.4 is 20.8 Å². The van der Waals surface area contributed by atoms with E-state index in [9.17, 15) is 0 Å². The van der Waals surface area contributed by atoms with E-state index in [4.69, 9.17) is 0 Å². The molecule has 1 aliphatic heterocycles. The second-order valence-electron chi connectivity index (χ2n) is 13.7. The lowest BCUT2D eigenvalue weighted by atomic mass is 9.69. The Bertz CT molecular complexity index is 2420. The van der Waals surface area contributed by atoms with Gasteiger partial charge in [0.15, 0.2) is 7.14 Å². The van der Waals surface area contributed by atoms with E-state index in [1.165, 1.54) is 44.4 Å². The topological polar surface area (TPSA) is 20.3 Å². The van der Waals surface area contributed by atoms with Gasteiger partial charge in [-0.2, -0.15) is 0 Å². The Balaban J connectivity index is 1.25. The molecule has 0 N–H and O–H groups in total. The van der Waals surface area contributed by atoms with Crippen molar-refractivity contribution in [2.45, 2.75) is 25.7 Å². The Morgan fingerprint density at radius 3 is 1.94 bits per heavy atom. The van der Waals surface area contributed by atoms with Crippen LogP contribution in [0.3, 0.4) is 0 Å². The summed E-state index contributed by atoms with van der Waals surface area (Å²) in [6.07, 6.45) is 5.51. The smallest absolute Gasteiger partial charge is 0.171 e. The molecule has 9 rings (SSSR count). The molecule has 0 fully saturated rings. The summed E-state index contributed by atoms with van der Waals surface area (Å²) in [6.45, 7) is 4.76. The van der Waals surface area contributed by atoms with Gasteiger partial charge >= 0.3 is 0 Å². The van der Waals surface area contributed by atoms with Crippen LogP contribution >= 0.6 is 7.14 Å². The van der Waals surface area contributed by atoms with Crippen molar-refractivity contribution in [1.29, 1.82) is 0 Å². The van der Waals surface area contributed by atoms with Crippen molar-refractivity contribution in [2.24, 2.45) is 0 Å². The predicted octanol–water partition coefficient (Wildman–Crippen LogP) is 10.8. The third kappa shape index (κ3) is 4.59. The molecule has 3 heteroatoms. The number of allylic oxidation sites excluding steroid dienone is 1. The molecule has 1 aliphatic carbocycles. The SMILES string of the molecule is CC1(C)c2ccc(-c3cccc(P(=O)(c4ccccc4)c4ccccc4)c3)cc2N(c2ccccc2)c2cc3cccc4c3c(c21)CC=C4. The zero-order chi connectivity index (χ0) is 33.2. The Labute approximate surface area is 288 Å². The maximum atomic E-state index is 15.3. The first-order chi connectivity index (χ1) is 23.9. The summed E-state index contributed by atoms with van der Waals surface area (Å²) in [5, 5.41) is 5.17. The predicted molar refractivity (Wildman–Crippen MR) is 208 cm³/mol. The molecular formula is C46H36NOP. The molecule has 0 radical (unpaired) electrons. The zero-order valence-corrected chi connectivity index (χ0v) is 28.6. The van der Waals surface area contributed by atoms with E-state index in [-0.39, 0.29) is 5.41 Å². The molecule has 7 aromatic carbocycles. The summed E-state index contributed by atoms with van der Waals surface area (Å²) < 4.78 is 15.3.